The number of benzene rings is 1. The minimum atomic E-state index is 0. The lowest BCUT2D eigenvalue weighted by molar-refractivity contribution is 0.242. The number of guanidine groups is 1. The molecule has 20 heavy (non-hydrogen) atoms. The molecule has 0 radical (unpaired) electrons. The SMILES string of the molecule is Brc1ccccc1C1(CNC2=NCCCN2)CCC1.I. The largest absolute Gasteiger partial charge is 0.356 e. The zero-order chi connectivity index (χ0) is 13.1. The van der Waals surface area contributed by atoms with Gasteiger partial charge in [-0.2, -0.15) is 0 Å². The highest BCUT2D eigenvalue weighted by Gasteiger charge is 2.39. The molecule has 1 heterocycles. The van der Waals surface area contributed by atoms with E-state index in [1.807, 2.05) is 0 Å². The molecule has 0 saturated heterocycles. The molecule has 5 heteroatoms. The van der Waals surface area contributed by atoms with Crippen LogP contribution >= 0.6 is 39.9 Å². The van der Waals surface area contributed by atoms with Crippen molar-refractivity contribution in [1.29, 1.82) is 0 Å². The van der Waals surface area contributed by atoms with Crippen LogP contribution in [0.25, 0.3) is 0 Å². The van der Waals surface area contributed by atoms with E-state index in [2.05, 4.69) is 55.8 Å². The Labute approximate surface area is 146 Å². The number of hydrogen-bond acceptors (Lipinski definition) is 3. The van der Waals surface area contributed by atoms with Gasteiger partial charge in [0.05, 0.1) is 0 Å². The summed E-state index contributed by atoms with van der Waals surface area (Å²) in [6.07, 6.45) is 4.98. The van der Waals surface area contributed by atoms with E-state index in [9.17, 15) is 0 Å². The minimum absolute atomic E-state index is 0. The maximum absolute atomic E-state index is 4.49. The van der Waals surface area contributed by atoms with Crippen molar-refractivity contribution in [3.8, 4) is 0 Å². The third-order valence-electron chi connectivity index (χ3n) is 4.25. The molecule has 2 aliphatic rings. The van der Waals surface area contributed by atoms with Gasteiger partial charge in [0.2, 0.25) is 0 Å². The third kappa shape index (κ3) is 3.30. The van der Waals surface area contributed by atoms with E-state index in [4.69, 9.17) is 0 Å². The Morgan fingerprint density at radius 3 is 2.65 bits per heavy atom. The van der Waals surface area contributed by atoms with Crippen LogP contribution in [-0.4, -0.2) is 25.6 Å². The number of aliphatic imine (C=N–C) groups is 1. The summed E-state index contributed by atoms with van der Waals surface area (Å²) in [4.78, 5) is 4.49. The molecule has 0 aromatic heterocycles. The summed E-state index contributed by atoms with van der Waals surface area (Å²) in [7, 11) is 0. The van der Waals surface area contributed by atoms with Crippen LogP contribution < -0.4 is 10.6 Å². The molecule has 1 fully saturated rings. The summed E-state index contributed by atoms with van der Waals surface area (Å²) >= 11 is 3.70. The van der Waals surface area contributed by atoms with Crippen LogP contribution in [0.5, 0.6) is 0 Å². The highest BCUT2D eigenvalue weighted by molar-refractivity contribution is 14.0. The van der Waals surface area contributed by atoms with Gasteiger partial charge in [-0.05, 0) is 30.9 Å². The van der Waals surface area contributed by atoms with Crippen molar-refractivity contribution in [2.75, 3.05) is 19.6 Å². The molecular formula is C15H21BrIN3. The highest BCUT2D eigenvalue weighted by atomic mass is 127. The van der Waals surface area contributed by atoms with Gasteiger partial charge in [0, 0.05) is 29.5 Å². The molecule has 2 N–H and O–H groups in total. The molecule has 3 rings (SSSR count). The molecule has 110 valence electrons. The summed E-state index contributed by atoms with van der Waals surface area (Å²) in [5.74, 6) is 0.976. The Bertz CT molecular complexity index is 486. The topological polar surface area (TPSA) is 36.4 Å². The molecule has 0 spiro atoms. The van der Waals surface area contributed by atoms with Gasteiger partial charge in [0.15, 0.2) is 5.96 Å². The zero-order valence-electron chi connectivity index (χ0n) is 11.5. The second-order valence-electron chi connectivity index (χ2n) is 5.48. The molecule has 1 aromatic carbocycles. The van der Waals surface area contributed by atoms with Crippen molar-refractivity contribution >= 4 is 45.9 Å². The van der Waals surface area contributed by atoms with Crippen molar-refractivity contribution < 1.29 is 0 Å². The van der Waals surface area contributed by atoms with Crippen LogP contribution in [0.15, 0.2) is 33.7 Å². The Hall–Kier alpha value is -0.300. The normalized spacial score (nSPS) is 19.9. The molecule has 0 atom stereocenters. The lowest BCUT2D eigenvalue weighted by atomic mass is 9.64. The molecule has 0 bridgehead atoms. The van der Waals surface area contributed by atoms with E-state index in [1.165, 1.54) is 29.3 Å². The van der Waals surface area contributed by atoms with Crippen LogP contribution in [0.1, 0.15) is 31.2 Å². The second kappa shape index (κ2) is 7.11. The quantitative estimate of drug-likeness (QED) is 0.693. The van der Waals surface area contributed by atoms with Gasteiger partial charge in [-0.15, -0.1) is 24.0 Å². The van der Waals surface area contributed by atoms with Crippen LogP contribution in [0.2, 0.25) is 0 Å². The smallest absolute Gasteiger partial charge is 0.191 e. The Morgan fingerprint density at radius 2 is 2.05 bits per heavy atom. The Balaban J connectivity index is 0.00000147. The second-order valence-corrected chi connectivity index (χ2v) is 6.33. The van der Waals surface area contributed by atoms with Gasteiger partial charge in [-0.25, -0.2) is 0 Å². The fourth-order valence-corrected chi connectivity index (χ4v) is 3.65. The van der Waals surface area contributed by atoms with Gasteiger partial charge < -0.3 is 10.6 Å². The van der Waals surface area contributed by atoms with E-state index in [0.717, 1.165) is 32.0 Å². The molecule has 1 saturated carbocycles. The van der Waals surface area contributed by atoms with Crippen LogP contribution in [0, 0.1) is 0 Å². The fraction of sp³-hybridized carbons (Fsp3) is 0.533. The molecule has 0 amide bonds. The average molecular weight is 450 g/mol. The number of nitrogens with one attached hydrogen (secondary N) is 2. The first-order valence-electron chi connectivity index (χ1n) is 7.07. The van der Waals surface area contributed by atoms with Gasteiger partial charge >= 0.3 is 0 Å². The van der Waals surface area contributed by atoms with E-state index >= 15 is 0 Å². The highest BCUT2D eigenvalue weighted by Crippen LogP contribution is 2.45. The van der Waals surface area contributed by atoms with E-state index in [-0.39, 0.29) is 29.4 Å². The lowest BCUT2D eigenvalue weighted by Crippen LogP contribution is -2.50. The molecule has 1 aliphatic carbocycles. The zero-order valence-corrected chi connectivity index (χ0v) is 15.4. The van der Waals surface area contributed by atoms with Crippen LogP contribution in [0.3, 0.4) is 0 Å². The predicted molar refractivity (Wildman–Crippen MR) is 98.0 cm³/mol. The van der Waals surface area contributed by atoms with Crippen molar-refractivity contribution in [1.82, 2.24) is 10.6 Å². The number of nitrogens with zero attached hydrogens (tertiary/aromatic N) is 1. The van der Waals surface area contributed by atoms with E-state index < -0.39 is 0 Å². The molecule has 0 unspecified atom stereocenters. The van der Waals surface area contributed by atoms with Gasteiger partial charge in [-0.3, -0.25) is 4.99 Å². The Kier molecular flexibility index (Phi) is 5.72. The average Bonchev–Trinajstić information content (AvgIpc) is 2.41. The third-order valence-corrected chi connectivity index (χ3v) is 4.94. The number of halogens is 2. The number of rotatable bonds is 3. The molecule has 1 aliphatic heterocycles. The summed E-state index contributed by atoms with van der Waals surface area (Å²) in [5.41, 5.74) is 1.71. The van der Waals surface area contributed by atoms with Gasteiger partial charge in [0.1, 0.15) is 0 Å². The monoisotopic (exact) mass is 449 g/mol. The first-order valence-corrected chi connectivity index (χ1v) is 7.87. The van der Waals surface area contributed by atoms with Crippen LogP contribution in [0.4, 0.5) is 0 Å². The summed E-state index contributed by atoms with van der Waals surface area (Å²) < 4.78 is 1.23. The van der Waals surface area contributed by atoms with Crippen LogP contribution in [-0.2, 0) is 5.41 Å². The van der Waals surface area contributed by atoms with Crippen molar-refractivity contribution in [3.63, 3.8) is 0 Å². The fourth-order valence-electron chi connectivity index (χ4n) is 2.94. The first kappa shape index (κ1) is 16.1. The standard InChI is InChI=1S/C15H20BrN3.HI/c16-13-6-2-1-5-12(13)15(7-3-8-15)11-19-14-17-9-4-10-18-14;/h1-2,5-6H,3-4,7-11H2,(H2,17,18,19);1H. The summed E-state index contributed by atoms with van der Waals surface area (Å²) in [6.45, 7) is 2.95. The number of hydrogen-bond donors (Lipinski definition) is 2. The minimum Gasteiger partial charge on any atom is -0.356 e. The first-order chi connectivity index (χ1) is 9.30. The van der Waals surface area contributed by atoms with Crippen molar-refractivity contribution in [3.05, 3.63) is 34.3 Å². The van der Waals surface area contributed by atoms with Gasteiger partial charge in [0.25, 0.3) is 0 Å². The van der Waals surface area contributed by atoms with Gasteiger partial charge in [-0.1, -0.05) is 40.5 Å². The summed E-state index contributed by atoms with van der Waals surface area (Å²) in [5, 5.41) is 6.84. The van der Waals surface area contributed by atoms with E-state index in [0.29, 0.717) is 0 Å². The maximum Gasteiger partial charge on any atom is 0.191 e. The molecule has 1 aromatic rings. The Morgan fingerprint density at radius 1 is 1.25 bits per heavy atom. The van der Waals surface area contributed by atoms with E-state index in [1.54, 1.807) is 0 Å². The predicted octanol–water partition coefficient (Wildman–Crippen LogP) is 3.43. The van der Waals surface area contributed by atoms with Crippen molar-refractivity contribution in [2.24, 2.45) is 4.99 Å². The lowest BCUT2D eigenvalue weighted by Gasteiger charge is -2.43. The molecule has 3 nitrogen and oxygen atoms in total. The summed E-state index contributed by atoms with van der Waals surface area (Å²) in [6, 6.07) is 8.61. The van der Waals surface area contributed by atoms with Crippen molar-refractivity contribution in [2.45, 2.75) is 31.1 Å². The maximum atomic E-state index is 4.49. The molecular weight excluding hydrogens is 429 g/mol.